The van der Waals surface area contributed by atoms with Crippen LogP contribution in [0.3, 0.4) is 0 Å². The van der Waals surface area contributed by atoms with Crippen LogP contribution in [-0.4, -0.2) is 25.1 Å². The van der Waals surface area contributed by atoms with Gasteiger partial charge in [0, 0.05) is 31.1 Å². The zero-order chi connectivity index (χ0) is 13.2. The van der Waals surface area contributed by atoms with E-state index in [1.807, 2.05) is 18.2 Å². The predicted molar refractivity (Wildman–Crippen MR) is 72.8 cm³/mol. The third kappa shape index (κ3) is 2.52. The molecule has 1 fully saturated rings. The maximum absolute atomic E-state index is 11.7. The third-order valence-electron chi connectivity index (χ3n) is 4.24. The predicted octanol–water partition coefficient (Wildman–Crippen LogP) is 3.15. The number of rotatable bonds is 3. The van der Waals surface area contributed by atoms with Crippen LogP contribution in [0.15, 0.2) is 18.2 Å². The Hall–Kier alpha value is -1.35. The lowest BCUT2D eigenvalue weighted by Crippen LogP contribution is -2.29. The molecule has 0 aliphatic heterocycles. The highest BCUT2D eigenvalue weighted by atomic mass is 16.5. The second-order valence-corrected chi connectivity index (χ2v) is 5.47. The summed E-state index contributed by atoms with van der Waals surface area (Å²) < 4.78 is 11.6. The largest absolute Gasteiger partial charge is 0.490 e. The summed E-state index contributed by atoms with van der Waals surface area (Å²) in [6.07, 6.45) is 6.30. The second-order valence-electron chi connectivity index (χ2n) is 5.47. The SMILES string of the molecule is COC1CCCC(Oc2cccc3c2CCC3=O)C1. The average Bonchev–Trinajstić information content (AvgIpc) is 2.82. The van der Waals surface area contributed by atoms with Gasteiger partial charge < -0.3 is 9.47 Å². The molecule has 2 atom stereocenters. The minimum absolute atomic E-state index is 0.223. The Bertz CT molecular complexity index is 481. The van der Waals surface area contributed by atoms with Crippen LogP contribution in [0.2, 0.25) is 0 Å². The maximum atomic E-state index is 11.7. The van der Waals surface area contributed by atoms with Gasteiger partial charge in [-0.05, 0) is 31.7 Å². The van der Waals surface area contributed by atoms with E-state index in [1.165, 1.54) is 0 Å². The maximum Gasteiger partial charge on any atom is 0.163 e. The van der Waals surface area contributed by atoms with Gasteiger partial charge in [0.05, 0.1) is 6.10 Å². The van der Waals surface area contributed by atoms with E-state index < -0.39 is 0 Å². The van der Waals surface area contributed by atoms with E-state index in [2.05, 4.69) is 0 Å². The van der Waals surface area contributed by atoms with E-state index in [0.29, 0.717) is 12.5 Å². The van der Waals surface area contributed by atoms with Crippen molar-refractivity contribution in [2.24, 2.45) is 0 Å². The molecule has 1 aromatic rings. The van der Waals surface area contributed by atoms with Gasteiger partial charge in [-0.15, -0.1) is 0 Å². The number of ether oxygens (including phenoxy) is 2. The molecule has 19 heavy (non-hydrogen) atoms. The van der Waals surface area contributed by atoms with Crippen molar-refractivity contribution in [1.29, 1.82) is 0 Å². The van der Waals surface area contributed by atoms with Crippen molar-refractivity contribution in [2.45, 2.75) is 50.7 Å². The van der Waals surface area contributed by atoms with E-state index >= 15 is 0 Å². The van der Waals surface area contributed by atoms with Gasteiger partial charge in [0.1, 0.15) is 11.9 Å². The van der Waals surface area contributed by atoms with Crippen molar-refractivity contribution >= 4 is 5.78 Å². The number of fused-ring (bicyclic) bond motifs is 1. The van der Waals surface area contributed by atoms with E-state index in [9.17, 15) is 4.79 Å². The number of hydrogen-bond acceptors (Lipinski definition) is 3. The van der Waals surface area contributed by atoms with Gasteiger partial charge in [0.15, 0.2) is 5.78 Å². The molecule has 102 valence electrons. The van der Waals surface area contributed by atoms with Gasteiger partial charge in [-0.3, -0.25) is 4.79 Å². The molecule has 2 aliphatic carbocycles. The molecule has 1 aromatic carbocycles. The number of Topliss-reactive ketones (excluding diaryl/α,β-unsaturated/α-hetero) is 1. The molecule has 0 saturated heterocycles. The van der Waals surface area contributed by atoms with Crippen LogP contribution in [0.25, 0.3) is 0 Å². The van der Waals surface area contributed by atoms with Crippen LogP contribution < -0.4 is 4.74 Å². The van der Waals surface area contributed by atoms with Crippen LogP contribution in [0.5, 0.6) is 5.75 Å². The summed E-state index contributed by atoms with van der Waals surface area (Å²) in [7, 11) is 1.77. The first-order valence-electron chi connectivity index (χ1n) is 7.12. The topological polar surface area (TPSA) is 35.5 Å². The van der Waals surface area contributed by atoms with Crippen LogP contribution >= 0.6 is 0 Å². The van der Waals surface area contributed by atoms with Crippen molar-refractivity contribution in [3.8, 4) is 5.75 Å². The van der Waals surface area contributed by atoms with Crippen molar-refractivity contribution in [2.75, 3.05) is 7.11 Å². The van der Waals surface area contributed by atoms with Gasteiger partial charge in [0.25, 0.3) is 0 Å². The lowest BCUT2D eigenvalue weighted by atomic mass is 9.94. The zero-order valence-corrected chi connectivity index (χ0v) is 11.4. The molecular formula is C16H20O3. The first kappa shape index (κ1) is 12.7. The molecule has 3 heteroatoms. The fraction of sp³-hybridized carbons (Fsp3) is 0.562. The molecule has 3 nitrogen and oxygen atoms in total. The Balaban J connectivity index is 1.75. The van der Waals surface area contributed by atoms with Crippen molar-refractivity contribution in [3.63, 3.8) is 0 Å². The highest BCUT2D eigenvalue weighted by Gasteiger charge is 2.27. The summed E-state index contributed by atoms with van der Waals surface area (Å²) in [4.78, 5) is 11.7. The van der Waals surface area contributed by atoms with Gasteiger partial charge in [0.2, 0.25) is 0 Å². The lowest BCUT2D eigenvalue weighted by molar-refractivity contribution is 0.0207. The number of hydrogen-bond donors (Lipinski definition) is 0. The number of carbonyl (C=O) groups excluding carboxylic acids is 1. The Morgan fingerprint density at radius 1 is 1.16 bits per heavy atom. The Morgan fingerprint density at radius 3 is 2.84 bits per heavy atom. The second kappa shape index (κ2) is 5.33. The van der Waals surface area contributed by atoms with E-state index in [1.54, 1.807) is 7.11 Å². The Kier molecular flexibility index (Phi) is 3.56. The molecule has 0 bridgehead atoms. The first-order valence-corrected chi connectivity index (χ1v) is 7.12. The van der Waals surface area contributed by atoms with Gasteiger partial charge in [-0.2, -0.15) is 0 Å². The highest BCUT2D eigenvalue weighted by Crippen LogP contribution is 2.33. The Labute approximate surface area is 113 Å². The molecule has 0 amide bonds. The average molecular weight is 260 g/mol. The summed E-state index contributed by atoms with van der Waals surface area (Å²) in [5.41, 5.74) is 1.96. The number of ketones is 1. The fourth-order valence-corrected chi connectivity index (χ4v) is 3.17. The molecule has 2 unspecified atom stereocenters. The van der Waals surface area contributed by atoms with Crippen LogP contribution in [0.4, 0.5) is 0 Å². The minimum Gasteiger partial charge on any atom is -0.490 e. The number of benzene rings is 1. The molecule has 0 N–H and O–H groups in total. The number of methoxy groups -OCH3 is 1. The summed E-state index contributed by atoms with van der Waals surface area (Å²) in [5, 5.41) is 0. The van der Waals surface area contributed by atoms with Crippen molar-refractivity contribution in [3.05, 3.63) is 29.3 Å². The quantitative estimate of drug-likeness (QED) is 0.837. The summed E-state index contributed by atoms with van der Waals surface area (Å²) in [6, 6.07) is 5.83. The first-order chi connectivity index (χ1) is 9.28. The van der Waals surface area contributed by atoms with Gasteiger partial charge in [-0.1, -0.05) is 12.1 Å². The molecule has 1 saturated carbocycles. The van der Waals surface area contributed by atoms with Crippen molar-refractivity contribution < 1.29 is 14.3 Å². The summed E-state index contributed by atoms with van der Waals surface area (Å²) in [5.74, 6) is 1.16. The Morgan fingerprint density at radius 2 is 2.00 bits per heavy atom. The fourth-order valence-electron chi connectivity index (χ4n) is 3.17. The van der Waals surface area contributed by atoms with Gasteiger partial charge in [-0.25, -0.2) is 0 Å². The molecule has 3 rings (SSSR count). The highest BCUT2D eigenvalue weighted by molar-refractivity contribution is 6.01. The molecule has 0 aromatic heterocycles. The monoisotopic (exact) mass is 260 g/mol. The minimum atomic E-state index is 0.223. The van der Waals surface area contributed by atoms with Crippen LogP contribution in [0.1, 0.15) is 48.0 Å². The van der Waals surface area contributed by atoms with E-state index in [0.717, 1.165) is 49.0 Å². The summed E-state index contributed by atoms with van der Waals surface area (Å²) >= 11 is 0. The normalized spacial score (nSPS) is 26.3. The van der Waals surface area contributed by atoms with E-state index in [4.69, 9.17) is 9.47 Å². The molecule has 0 heterocycles. The van der Waals surface area contributed by atoms with Crippen LogP contribution in [0, 0.1) is 0 Å². The summed E-state index contributed by atoms with van der Waals surface area (Å²) in [6.45, 7) is 0. The third-order valence-corrected chi connectivity index (χ3v) is 4.24. The van der Waals surface area contributed by atoms with Gasteiger partial charge >= 0.3 is 0 Å². The molecular weight excluding hydrogens is 240 g/mol. The standard InChI is InChI=1S/C16H20O3/c1-18-11-4-2-5-12(10-11)19-16-7-3-6-13-14(16)8-9-15(13)17/h3,6-7,11-12H,2,4-5,8-10H2,1H3. The van der Waals surface area contributed by atoms with Crippen molar-refractivity contribution in [1.82, 2.24) is 0 Å². The molecule has 0 spiro atoms. The molecule has 0 radical (unpaired) electrons. The number of carbonyl (C=O) groups is 1. The van der Waals surface area contributed by atoms with E-state index in [-0.39, 0.29) is 11.9 Å². The smallest absolute Gasteiger partial charge is 0.163 e. The zero-order valence-electron chi connectivity index (χ0n) is 11.4. The lowest BCUT2D eigenvalue weighted by Gasteiger charge is -2.29. The van der Waals surface area contributed by atoms with Crippen LogP contribution in [-0.2, 0) is 11.2 Å². The molecule has 2 aliphatic rings.